The van der Waals surface area contributed by atoms with Gasteiger partial charge >= 0.3 is 6.03 Å². The van der Waals surface area contributed by atoms with Gasteiger partial charge in [-0.15, -0.1) is 0 Å². The van der Waals surface area contributed by atoms with Crippen LogP contribution >= 0.6 is 0 Å². The van der Waals surface area contributed by atoms with Gasteiger partial charge in [-0.05, 0) is 38.5 Å². The van der Waals surface area contributed by atoms with E-state index in [1.807, 2.05) is 6.92 Å². The second kappa shape index (κ2) is 7.59. The van der Waals surface area contributed by atoms with Crippen LogP contribution in [-0.4, -0.2) is 24.5 Å². The summed E-state index contributed by atoms with van der Waals surface area (Å²) in [7, 11) is 0. The highest BCUT2D eigenvalue weighted by Crippen LogP contribution is 2.13. The Balaban J connectivity index is 2.52. The van der Waals surface area contributed by atoms with Crippen LogP contribution in [0.15, 0.2) is 24.3 Å². The minimum absolute atomic E-state index is 0.134. The van der Waals surface area contributed by atoms with Crippen LogP contribution in [0.5, 0.6) is 0 Å². The van der Waals surface area contributed by atoms with Crippen LogP contribution in [-0.2, 0) is 4.79 Å². The molecular weight excluding hydrogens is 261 g/mol. The van der Waals surface area contributed by atoms with Crippen LogP contribution in [0.4, 0.5) is 9.18 Å². The van der Waals surface area contributed by atoms with E-state index in [1.54, 1.807) is 26.0 Å². The second-order valence-electron chi connectivity index (χ2n) is 4.51. The van der Waals surface area contributed by atoms with Gasteiger partial charge in [0.05, 0.1) is 6.04 Å². The number of amides is 3. The van der Waals surface area contributed by atoms with Crippen LogP contribution in [0.1, 0.15) is 32.4 Å². The summed E-state index contributed by atoms with van der Waals surface area (Å²) in [5.74, 6) is -0.715. The third-order valence-electron chi connectivity index (χ3n) is 2.84. The van der Waals surface area contributed by atoms with Gasteiger partial charge in [-0.1, -0.05) is 12.1 Å². The Hall–Kier alpha value is -1.95. The molecule has 1 aromatic carbocycles. The lowest BCUT2D eigenvalue weighted by atomic mass is 10.1. The largest absolute Gasteiger partial charge is 0.338 e. The van der Waals surface area contributed by atoms with E-state index in [9.17, 15) is 14.0 Å². The summed E-state index contributed by atoms with van der Waals surface area (Å²) in [6.07, 6.45) is 0. The molecule has 1 rings (SSSR count). The number of benzene rings is 1. The number of nitrogens with one attached hydrogen (secondary N) is 3. The van der Waals surface area contributed by atoms with Crippen molar-refractivity contribution in [3.8, 4) is 0 Å². The lowest BCUT2D eigenvalue weighted by Crippen LogP contribution is -2.48. The molecule has 0 aromatic heterocycles. The molecule has 2 atom stereocenters. The number of carbonyl (C=O) groups excluding carboxylic acids is 2. The molecule has 0 radical (unpaired) electrons. The Morgan fingerprint density at radius 2 is 1.80 bits per heavy atom. The molecule has 0 saturated heterocycles. The highest BCUT2D eigenvalue weighted by molar-refractivity contribution is 5.96. The highest BCUT2D eigenvalue weighted by Gasteiger charge is 2.18. The highest BCUT2D eigenvalue weighted by atomic mass is 19.1. The summed E-state index contributed by atoms with van der Waals surface area (Å²) in [5, 5.41) is 7.77. The van der Waals surface area contributed by atoms with Crippen LogP contribution in [0.2, 0.25) is 0 Å². The second-order valence-corrected chi connectivity index (χ2v) is 4.51. The molecule has 6 heteroatoms. The van der Waals surface area contributed by atoms with Gasteiger partial charge in [0.2, 0.25) is 5.91 Å². The molecule has 2 unspecified atom stereocenters. The van der Waals surface area contributed by atoms with Crippen molar-refractivity contribution < 1.29 is 14.0 Å². The fraction of sp³-hybridized carbons (Fsp3) is 0.429. The van der Waals surface area contributed by atoms with Crippen molar-refractivity contribution in [2.75, 3.05) is 6.54 Å². The third kappa shape index (κ3) is 4.97. The SMILES string of the molecule is CCNC(=O)NC(=O)C(C)NC(C)c1ccc(F)cc1. The normalized spacial score (nSPS) is 13.4. The monoisotopic (exact) mass is 281 g/mol. The van der Waals surface area contributed by atoms with Crippen LogP contribution in [0, 0.1) is 5.82 Å². The first-order valence-corrected chi connectivity index (χ1v) is 6.54. The molecule has 110 valence electrons. The van der Waals surface area contributed by atoms with E-state index >= 15 is 0 Å². The first-order valence-electron chi connectivity index (χ1n) is 6.54. The smallest absolute Gasteiger partial charge is 0.321 e. The number of urea groups is 1. The van der Waals surface area contributed by atoms with Crippen LogP contribution in [0.25, 0.3) is 0 Å². The molecule has 3 amide bonds. The molecule has 0 aliphatic rings. The van der Waals surface area contributed by atoms with E-state index in [4.69, 9.17) is 0 Å². The lowest BCUT2D eigenvalue weighted by molar-refractivity contribution is -0.121. The van der Waals surface area contributed by atoms with E-state index in [2.05, 4.69) is 16.0 Å². The van der Waals surface area contributed by atoms with Gasteiger partial charge in [0.15, 0.2) is 0 Å². The summed E-state index contributed by atoms with van der Waals surface area (Å²) in [5.41, 5.74) is 0.865. The van der Waals surface area contributed by atoms with Gasteiger partial charge in [0.25, 0.3) is 0 Å². The standard InChI is InChI=1S/C14H20FN3O2/c1-4-16-14(20)18-13(19)10(3)17-9(2)11-5-7-12(15)8-6-11/h5-10,17H,4H2,1-3H3,(H2,16,18,19,20). The maximum atomic E-state index is 12.8. The summed E-state index contributed by atoms with van der Waals surface area (Å²) in [6, 6.07) is 4.85. The molecule has 0 aliphatic heterocycles. The Morgan fingerprint density at radius 1 is 1.20 bits per heavy atom. The summed E-state index contributed by atoms with van der Waals surface area (Å²) >= 11 is 0. The van der Waals surface area contributed by atoms with Crippen molar-refractivity contribution in [3.63, 3.8) is 0 Å². The van der Waals surface area contributed by atoms with Crippen molar-refractivity contribution in [2.24, 2.45) is 0 Å². The van der Waals surface area contributed by atoms with Crippen LogP contribution in [0.3, 0.4) is 0 Å². The minimum Gasteiger partial charge on any atom is -0.338 e. The minimum atomic E-state index is -0.544. The maximum absolute atomic E-state index is 12.8. The van der Waals surface area contributed by atoms with E-state index in [1.165, 1.54) is 12.1 Å². The lowest BCUT2D eigenvalue weighted by Gasteiger charge is -2.19. The molecule has 20 heavy (non-hydrogen) atoms. The van der Waals surface area contributed by atoms with Gasteiger partial charge in [0, 0.05) is 12.6 Å². The van der Waals surface area contributed by atoms with Crippen molar-refractivity contribution in [1.29, 1.82) is 0 Å². The van der Waals surface area contributed by atoms with Gasteiger partial charge in [-0.2, -0.15) is 0 Å². The number of carbonyl (C=O) groups is 2. The average Bonchev–Trinajstić information content (AvgIpc) is 2.39. The number of hydrogen-bond donors (Lipinski definition) is 3. The first kappa shape index (κ1) is 16.1. The molecule has 0 saturated carbocycles. The third-order valence-corrected chi connectivity index (χ3v) is 2.84. The van der Waals surface area contributed by atoms with Crippen molar-refractivity contribution in [3.05, 3.63) is 35.6 Å². The summed E-state index contributed by atoms with van der Waals surface area (Å²) in [6.45, 7) is 5.74. The van der Waals surface area contributed by atoms with E-state index < -0.39 is 18.0 Å². The molecular formula is C14H20FN3O2. The quantitative estimate of drug-likeness (QED) is 0.769. The van der Waals surface area contributed by atoms with E-state index in [0.717, 1.165) is 5.56 Å². The Kier molecular flexibility index (Phi) is 6.11. The molecule has 5 nitrogen and oxygen atoms in total. The zero-order valence-corrected chi connectivity index (χ0v) is 11.9. The number of rotatable bonds is 5. The Bertz CT molecular complexity index is 462. The predicted molar refractivity (Wildman–Crippen MR) is 74.6 cm³/mol. The van der Waals surface area contributed by atoms with Gasteiger partial charge in [-0.3, -0.25) is 15.4 Å². The predicted octanol–water partition coefficient (Wildman–Crippen LogP) is 1.71. The first-order chi connectivity index (χ1) is 9.43. The van der Waals surface area contributed by atoms with Gasteiger partial charge in [0.1, 0.15) is 5.82 Å². The topological polar surface area (TPSA) is 70.2 Å². The van der Waals surface area contributed by atoms with Crippen molar-refractivity contribution >= 4 is 11.9 Å². The number of imide groups is 1. The van der Waals surface area contributed by atoms with Crippen molar-refractivity contribution in [2.45, 2.75) is 32.9 Å². The van der Waals surface area contributed by atoms with Crippen molar-refractivity contribution in [1.82, 2.24) is 16.0 Å². The summed E-state index contributed by atoms with van der Waals surface area (Å²) < 4.78 is 12.8. The summed E-state index contributed by atoms with van der Waals surface area (Å²) in [4.78, 5) is 23.0. The number of halogens is 1. The molecule has 3 N–H and O–H groups in total. The fourth-order valence-electron chi connectivity index (χ4n) is 1.72. The van der Waals surface area contributed by atoms with Gasteiger partial charge < -0.3 is 5.32 Å². The zero-order chi connectivity index (χ0) is 15.1. The average molecular weight is 281 g/mol. The maximum Gasteiger partial charge on any atom is 0.321 e. The molecule has 0 aliphatic carbocycles. The molecule has 0 bridgehead atoms. The number of hydrogen-bond acceptors (Lipinski definition) is 3. The molecule has 0 fully saturated rings. The molecule has 0 spiro atoms. The van der Waals surface area contributed by atoms with E-state index in [0.29, 0.717) is 6.54 Å². The molecule has 0 heterocycles. The Labute approximate surface area is 117 Å². The van der Waals surface area contributed by atoms with Crippen LogP contribution < -0.4 is 16.0 Å². The van der Waals surface area contributed by atoms with Gasteiger partial charge in [-0.25, -0.2) is 9.18 Å². The van der Waals surface area contributed by atoms with E-state index in [-0.39, 0.29) is 11.9 Å². The zero-order valence-electron chi connectivity index (χ0n) is 11.9. The fourth-order valence-corrected chi connectivity index (χ4v) is 1.72. The Morgan fingerprint density at radius 3 is 2.35 bits per heavy atom. The molecule has 1 aromatic rings.